The number of aromatic nitrogens is 2. The molecule has 0 bridgehead atoms. The highest BCUT2D eigenvalue weighted by Gasteiger charge is 2.23. The molecule has 0 radical (unpaired) electrons. The lowest BCUT2D eigenvalue weighted by atomic mass is 9.97. The van der Waals surface area contributed by atoms with Crippen LogP contribution in [-0.4, -0.2) is 47.0 Å². The van der Waals surface area contributed by atoms with E-state index in [2.05, 4.69) is 20.2 Å². The summed E-state index contributed by atoms with van der Waals surface area (Å²) < 4.78 is 0. The number of halogens is 1. The first-order valence-corrected chi connectivity index (χ1v) is 7.26. The molecule has 0 aromatic carbocycles. The van der Waals surface area contributed by atoms with Gasteiger partial charge in [-0.05, 0) is 32.4 Å². The highest BCUT2D eigenvalue weighted by molar-refractivity contribution is 6.29. The van der Waals surface area contributed by atoms with E-state index in [1.807, 2.05) is 0 Å². The summed E-state index contributed by atoms with van der Waals surface area (Å²) in [4.78, 5) is 21.6. The zero-order chi connectivity index (χ0) is 14.4. The third kappa shape index (κ3) is 4.61. The molecule has 20 heavy (non-hydrogen) atoms. The fourth-order valence-electron chi connectivity index (χ4n) is 2.44. The lowest BCUT2D eigenvalue weighted by Gasteiger charge is -2.31. The first-order chi connectivity index (χ1) is 9.65. The molecule has 0 aliphatic carbocycles. The van der Waals surface area contributed by atoms with Gasteiger partial charge in [0.05, 0.1) is 18.3 Å². The molecule has 1 amide bonds. The molecule has 1 atom stereocenters. The van der Waals surface area contributed by atoms with E-state index in [1.165, 1.54) is 6.20 Å². The van der Waals surface area contributed by atoms with Gasteiger partial charge in [-0.2, -0.15) is 0 Å². The van der Waals surface area contributed by atoms with E-state index < -0.39 is 0 Å². The molecule has 1 saturated heterocycles. The lowest BCUT2D eigenvalue weighted by molar-refractivity contribution is -0.123. The van der Waals surface area contributed by atoms with Gasteiger partial charge in [-0.25, -0.2) is 4.98 Å². The number of hydrogen-bond donors (Lipinski definition) is 2. The highest BCUT2D eigenvalue weighted by Crippen LogP contribution is 2.16. The summed E-state index contributed by atoms with van der Waals surface area (Å²) >= 11 is 5.76. The molecule has 0 saturated carbocycles. The second-order valence-electron chi connectivity index (χ2n) is 5.05. The van der Waals surface area contributed by atoms with Gasteiger partial charge in [0.2, 0.25) is 5.91 Å². The maximum absolute atomic E-state index is 11.2. The van der Waals surface area contributed by atoms with Crippen LogP contribution in [0, 0.1) is 5.92 Å². The molecule has 6 nitrogen and oxygen atoms in total. The second-order valence-corrected chi connectivity index (χ2v) is 5.44. The zero-order valence-corrected chi connectivity index (χ0v) is 12.1. The summed E-state index contributed by atoms with van der Waals surface area (Å²) in [7, 11) is 0. The standard InChI is InChI=1S/C13H20ClN5O/c14-11-7-16-8-12(18-11)17-4-2-6-19-5-1-3-10(9-19)13(15)20/h7-8,10H,1-6,9H2,(H2,15,20)(H,17,18). The molecule has 1 aliphatic rings. The average molecular weight is 298 g/mol. The van der Waals surface area contributed by atoms with Gasteiger partial charge in [-0.3, -0.25) is 9.78 Å². The van der Waals surface area contributed by atoms with E-state index in [1.54, 1.807) is 6.20 Å². The largest absolute Gasteiger partial charge is 0.369 e. The van der Waals surface area contributed by atoms with E-state index in [0.29, 0.717) is 11.0 Å². The molecule has 0 spiro atoms. The van der Waals surface area contributed by atoms with Crippen LogP contribution in [0.1, 0.15) is 19.3 Å². The molecule has 2 rings (SSSR count). The minimum Gasteiger partial charge on any atom is -0.369 e. The van der Waals surface area contributed by atoms with Crippen LogP contribution >= 0.6 is 11.6 Å². The Kier molecular flexibility index (Phi) is 5.55. The Morgan fingerprint density at radius 1 is 1.55 bits per heavy atom. The Morgan fingerprint density at radius 3 is 3.15 bits per heavy atom. The minimum atomic E-state index is -0.179. The number of nitrogens with zero attached hydrogens (tertiary/aromatic N) is 3. The van der Waals surface area contributed by atoms with Crippen molar-refractivity contribution in [2.24, 2.45) is 11.7 Å². The van der Waals surface area contributed by atoms with Gasteiger partial charge in [-0.15, -0.1) is 0 Å². The monoisotopic (exact) mass is 297 g/mol. The predicted octanol–water partition coefficient (Wildman–Crippen LogP) is 1.13. The van der Waals surface area contributed by atoms with Crippen LogP contribution in [-0.2, 0) is 4.79 Å². The summed E-state index contributed by atoms with van der Waals surface area (Å²) in [5.74, 6) is 0.517. The number of nitrogens with one attached hydrogen (secondary N) is 1. The van der Waals surface area contributed by atoms with Crippen LogP contribution in [0.3, 0.4) is 0 Å². The number of primary amides is 1. The summed E-state index contributed by atoms with van der Waals surface area (Å²) in [5.41, 5.74) is 5.37. The van der Waals surface area contributed by atoms with Gasteiger partial charge in [0.15, 0.2) is 0 Å². The van der Waals surface area contributed by atoms with Crippen molar-refractivity contribution in [3.63, 3.8) is 0 Å². The number of anilines is 1. The minimum absolute atomic E-state index is 0.00973. The summed E-state index contributed by atoms with van der Waals surface area (Å²) in [6.07, 6.45) is 6.09. The Balaban J connectivity index is 1.67. The van der Waals surface area contributed by atoms with Crippen molar-refractivity contribution in [2.75, 3.05) is 31.5 Å². The van der Waals surface area contributed by atoms with Crippen LogP contribution < -0.4 is 11.1 Å². The Labute approximate surface area is 123 Å². The van der Waals surface area contributed by atoms with Gasteiger partial charge in [0.1, 0.15) is 11.0 Å². The zero-order valence-electron chi connectivity index (χ0n) is 11.4. The molecule has 2 heterocycles. The number of likely N-dealkylation sites (tertiary alicyclic amines) is 1. The fraction of sp³-hybridized carbons (Fsp3) is 0.615. The van der Waals surface area contributed by atoms with Crippen LogP contribution in [0.15, 0.2) is 12.4 Å². The third-order valence-corrected chi connectivity index (χ3v) is 3.65. The second kappa shape index (κ2) is 7.40. The van der Waals surface area contributed by atoms with E-state index in [-0.39, 0.29) is 11.8 Å². The summed E-state index contributed by atoms with van der Waals surface area (Å²) in [6.45, 7) is 3.57. The molecular weight excluding hydrogens is 278 g/mol. The molecule has 1 aromatic heterocycles. The summed E-state index contributed by atoms with van der Waals surface area (Å²) in [6, 6.07) is 0. The smallest absolute Gasteiger partial charge is 0.221 e. The van der Waals surface area contributed by atoms with Gasteiger partial charge < -0.3 is 16.0 Å². The average Bonchev–Trinajstić information content (AvgIpc) is 2.44. The van der Waals surface area contributed by atoms with Crippen LogP contribution in [0.5, 0.6) is 0 Å². The van der Waals surface area contributed by atoms with Crippen molar-refractivity contribution in [1.29, 1.82) is 0 Å². The fourth-order valence-corrected chi connectivity index (χ4v) is 2.58. The van der Waals surface area contributed by atoms with Gasteiger partial charge in [0, 0.05) is 13.1 Å². The Bertz CT molecular complexity index is 456. The molecule has 110 valence electrons. The lowest BCUT2D eigenvalue weighted by Crippen LogP contribution is -2.41. The molecule has 1 aliphatic heterocycles. The van der Waals surface area contributed by atoms with Crippen LogP contribution in [0.2, 0.25) is 5.15 Å². The Hall–Kier alpha value is -1.40. The van der Waals surface area contributed by atoms with Crippen molar-refractivity contribution in [1.82, 2.24) is 14.9 Å². The number of piperidine rings is 1. The number of rotatable bonds is 6. The van der Waals surface area contributed by atoms with Gasteiger partial charge >= 0.3 is 0 Å². The number of nitrogens with two attached hydrogens (primary N) is 1. The van der Waals surface area contributed by atoms with E-state index in [0.717, 1.165) is 45.4 Å². The predicted molar refractivity (Wildman–Crippen MR) is 78.5 cm³/mol. The van der Waals surface area contributed by atoms with Crippen LogP contribution in [0.25, 0.3) is 0 Å². The Morgan fingerprint density at radius 2 is 2.40 bits per heavy atom. The van der Waals surface area contributed by atoms with E-state index >= 15 is 0 Å². The van der Waals surface area contributed by atoms with Gasteiger partial charge in [0.25, 0.3) is 0 Å². The van der Waals surface area contributed by atoms with Crippen molar-refractivity contribution >= 4 is 23.3 Å². The van der Waals surface area contributed by atoms with Crippen LogP contribution in [0.4, 0.5) is 5.82 Å². The van der Waals surface area contributed by atoms with Crippen molar-refractivity contribution in [2.45, 2.75) is 19.3 Å². The molecule has 1 unspecified atom stereocenters. The quantitative estimate of drug-likeness (QED) is 0.769. The molecule has 3 N–H and O–H groups in total. The SMILES string of the molecule is NC(=O)C1CCCN(CCCNc2cncc(Cl)n2)C1. The maximum Gasteiger partial charge on any atom is 0.221 e. The number of carbonyl (C=O) groups excluding carboxylic acids is 1. The topological polar surface area (TPSA) is 84.1 Å². The maximum atomic E-state index is 11.2. The molecule has 1 fully saturated rings. The number of carbonyl (C=O) groups is 1. The molecule has 1 aromatic rings. The summed E-state index contributed by atoms with van der Waals surface area (Å²) in [5, 5.41) is 3.57. The molecule has 7 heteroatoms. The third-order valence-electron chi connectivity index (χ3n) is 3.47. The first kappa shape index (κ1) is 15.0. The molecular formula is C13H20ClN5O. The van der Waals surface area contributed by atoms with Gasteiger partial charge in [-0.1, -0.05) is 11.6 Å². The van der Waals surface area contributed by atoms with Crippen molar-refractivity contribution < 1.29 is 4.79 Å². The number of amides is 1. The first-order valence-electron chi connectivity index (χ1n) is 6.88. The normalized spacial score (nSPS) is 19.8. The highest BCUT2D eigenvalue weighted by atomic mass is 35.5. The van der Waals surface area contributed by atoms with Crippen molar-refractivity contribution in [3.8, 4) is 0 Å². The van der Waals surface area contributed by atoms with E-state index in [4.69, 9.17) is 17.3 Å². The van der Waals surface area contributed by atoms with Crippen molar-refractivity contribution in [3.05, 3.63) is 17.5 Å². The number of hydrogen-bond acceptors (Lipinski definition) is 5. The van der Waals surface area contributed by atoms with E-state index in [9.17, 15) is 4.79 Å².